The van der Waals surface area contributed by atoms with E-state index >= 15 is 0 Å². The third-order valence-corrected chi connectivity index (χ3v) is 6.21. The van der Waals surface area contributed by atoms with Gasteiger partial charge >= 0.3 is 0 Å². The van der Waals surface area contributed by atoms with Crippen molar-refractivity contribution in [2.24, 2.45) is 0 Å². The lowest BCUT2D eigenvalue weighted by atomic mass is 9.90. The summed E-state index contributed by atoms with van der Waals surface area (Å²) in [6.45, 7) is 2.64. The van der Waals surface area contributed by atoms with Crippen molar-refractivity contribution in [1.29, 1.82) is 0 Å². The summed E-state index contributed by atoms with van der Waals surface area (Å²) in [5.41, 5.74) is 4.21. The van der Waals surface area contributed by atoms with Gasteiger partial charge in [-0.1, -0.05) is 36.4 Å². The summed E-state index contributed by atoms with van der Waals surface area (Å²) in [6.07, 6.45) is 3.48. The highest BCUT2D eigenvalue weighted by atomic mass is 79.9. The fraction of sp³-hybridized carbons (Fsp3) is 0.333. The van der Waals surface area contributed by atoms with E-state index in [0.717, 1.165) is 26.2 Å². The topological polar surface area (TPSA) is 12.5 Å². The van der Waals surface area contributed by atoms with Crippen LogP contribution < -0.4 is 0 Å². The molecule has 0 amide bonds. The molecule has 0 spiro atoms. The number of benzene rings is 1. The van der Waals surface area contributed by atoms with E-state index in [1.165, 1.54) is 21.2 Å². The minimum Gasteiger partial charge on any atom is -0.378 e. The van der Waals surface area contributed by atoms with Gasteiger partial charge in [0.25, 0.3) is 0 Å². The molecule has 2 unspecified atom stereocenters. The van der Waals surface area contributed by atoms with Gasteiger partial charge in [0.1, 0.15) is 0 Å². The number of fused-ring (bicyclic) bond motifs is 2. The molecule has 1 saturated heterocycles. The standard InChI is InChI=1S/C18H18BrNOS/c19-18-12-22-11-17(18)14-6-15-9-21-10-16(7-14)20(15)8-13-4-2-1-3-5-13/h1-6,11-12,15-16H,7-10H2. The summed E-state index contributed by atoms with van der Waals surface area (Å²) in [5.74, 6) is 0. The molecule has 4 heteroatoms. The molecule has 22 heavy (non-hydrogen) atoms. The number of hydrogen-bond acceptors (Lipinski definition) is 3. The molecular weight excluding hydrogens is 358 g/mol. The van der Waals surface area contributed by atoms with Crippen LogP contribution in [-0.4, -0.2) is 30.2 Å². The molecule has 2 nitrogen and oxygen atoms in total. The Hall–Kier alpha value is -0.940. The molecule has 2 atom stereocenters. The first-order valence-corrected chi connectivity index (χ1v) is 9.35. The number of ether oxygens (including phenoxy) is 1. The van der Waals surface area contributed by atoms with Gasteiger partial charge in [-0.05, 0) is 38.9 Å². The molecule has 2 aliphatic rings. The van der Waals surface area contributed by atoms with Crippen molar-refractivity contribution >= 4 is 32.8 Å². The van der Waals surface area contributed by atoms with E-state index in [-0.39, 0.29) is 0 Å². The molecule has 2 aromatic rings. The minimum absolute atomic E-state index is 0.384. The Kier molecular flexibility index (Phi) is 4.18. The average Bonchev–Trinajstić information content (AvgIpc) is 2.94. The van der Waals surface area contributed by atoms with Gasteiger partial charge in [-0.15, -0.1) is 0 Å². The van der Waals surface area contributed by atoms with Crippen molar-refractivity contribution in [1.82, 2.24) is 4.90 Å². The highest BCUT2D eigenvalue weighted by molar-refractivity contribution is 9.10. The highest BCUT2D eigenvalue weighted by Crippen LogP contribution is 2.37. The highest BCUT2D eigenvalue weighted by Gasteiger charge is 2.35. The monoisotopic (exact) mass is 375 g/mol. The average molecular weight is 376 g/mol. The van der Waals surface area contributed by atoms with Gasteiger partial charge in [0, 0.05) is 28.0 Å². The number of nitrogens with zero attached hydrogens (tertiary/aromatic N) is 1. The van der Waals surface area contributed by atoms with Crippen molar-refractivity contribution in [3.8, 4) is 0 Å². The SMILES string of the molecule is Brc1cscc1C1=CC2COCC(C1)N2Cc1ccccc1. The van der Waals surface area contributed by atoms with Crippen LogP contribution in [0.4, 0.5) is 0 Å². The Bertz CT molecular complexity index is 681. The first-order valence-electron chi connectivity index (χ1n) is 7.61. The van der Waals surface area contributed by atoms with Crippen LogP contribution in [0.25, 0.3) is 5.57 Å². The Morgan fingerprint density at radius 2 is 2.05 bits per heavy atom. The smallest absolute Gasteiger partial charge is 0.0658 e. The number of thiophene rings is 1. The lowest BCUT2D eigenvalue weighted by Crippen LogP contribution is -2.53. The minimum atomic E-state index is 0.384. The van der Waals surface area contributed by atoms with Crippen molar-refractivity contribution in [2.75, 3.05) is 13.2 Å². The van der Waals surface area contributed by atoms with Crippen LogP contribution >= 0.6 is 27.3 Å². The quantitative estimate of drug-likeness (QED) is 0.778. The fourth-order valence-corrected chi connectivity index (χ4v) is 4.99. The van der Waals surface area contributed by atoms with Crippen molar-refractivity contribution in [3.05, 3.63) is 62.8 Å². The maximum Gasteiger partial charge on any atom is 0.0658 e. The molecule has 2 aliphatic heterocycles. The van der Waals surface area contributed by atoms with E-state index in [0.29, 0.717) is 12.1 Å². The first-order chi connectivity index (χ1) is 10.8. The molecule has 4 rings (SSSR count). The summed E-state index contributed by atoms with van der Waals surface area (Å²) in [7, 11) is 0. The third kappa shape index (κ3) is 2.81. The van der Waals surface area contributed by atoms with E-state index in [1.807, 2.05) is 0 Å². The van der Waals surface area contributed by atoms with E-state index in [1.54, 1.807) is 11.3 Å². The van der Waals surface area contributed by atoms with Crippen molar-refractivity contribution in [2.45, 2.75) is 25.0 Å². The second-order valence-corrected chi connectivity index (χ2v) is 7.54. The van der Waals surface area contributed by atoms with E-state index < -0.39 is 0 Å². The van der Waals surface area contributed by atoms with Gasteiger partial charge in [-0.2, -0.15) is 11.3 Å². The predicted molar refractivity (Wildman–Crippen MR) is 95.0 cm³/mol. The molecule has 1 fully saturated rings. The zero-order valence-corrected chi connectivity index (χ0v) is 14.6. The van der Waals surface area contributed by atoms with Crippen LogP contribution in [0, 0.1) is 0 Å². The van der Waals surface area contributed by atoms with Crippen LogP contribution in [0.5, 0.6) is 0 Å². The van der Waals surface area contributed by atoms with Crippen LogP contribution in [0.1, 0.15) is 17.5 Å². The summed E-state index contributed by atoms with van der Waals surface area (Å²) < 4.78 is 7.03. The summed E-state index contributed by atoms with van der Waals surface area (Å²) in [4.78, 5) is 2.60. The molecule has 0 aliphatic carbocycles. The Morgan fingerprint density at radius 3 is 2.77 bits per heavy atom. The number of rotatable bonds is 3. The molecule has 0 saturated carbocycles. The molecule has 2 bridgehead atoms. The Balaban J connectivity index is 1.61. The zero-order valence-electron chi connectivity index (χ0n) is 12.2. The maximum absolute atomic E-state index is 5.81. The maximum atomic E-state index is 5.81. The van der Waals surface area contributed by atoms with E-state index in [9.17, 15) is 0 Å². The van der Waals surface area contributed by atoms with Crippen molar-refractivity contribution < 1.29 is 4.74 Å². The Morgan fingerprint density at radius 1 is 1.18 bits per heavy atom. The van der Waals surface area contributed by atoms with E-state index in [4.69, 9.17) is 4.74 Å². The van der Waals surface area contributed by atoms with Gasteiger partial charge in [0.05, 0.1) is 19.3 Å². The second-order valence-electron chi connectivity index (χ2n) is 5.95. The van der Waals surface area contributed by atoms with Gasteiger partial charge in [-0.25, -0.2) is 0 Å². The molecule has 1 aromatic heterocycles. The zero-order chi connectivity index (χ0) is 14.9. The van der Waals surface area contributed by atoms with Gasteiger partial charge < -0.3 is 4.74 Å². The van der Waals surface area contributed by atoms with Crippen LogP contribution in [0.2, 0.25) is 0 Å². The molecule has 114 valence electrons. The number of halogens is 1. The van der Waals surface area contributed by atoms with Gasteiger partial charge in [-0.3, -0.25) is 4.90 Å². The van der Waals surface area contributed by atoms with Crippen LogP contribution in [0.15, 0.2) is 51.6 Å². The summed E-state index contributed by atoms with van der Waals surface area (Å²) in [5, 5.41) is 4.41. The fourth-order valence-electron chi connectivity index (χ4n) is 3.41. The molecule has 0 radical (unpaired) electrons. The van der Waals surface area contributed by atoms with Gasteiger partial charge in [0.2, 0.25) is 0 Å². The summed E-state index contributed by atoms with van der Waals surface area (Å²) in [6, 6.07) is 11.6. The first kappa shape index (κ1) is 14.6. The largest absolute Gasteiger partial charge is 0.378 e. The lowest BCUT2D eigenvalue weighted by Gasteiger charge is -2.44. The third-order valence-electron chi connectivity index (χ3n) is 4.51. The molecular formula is C18H18BrNOS. The number of morpholine rings is 1. The molecule has 3 heterocycles. The van der Waals surface area contributed by atoms with Crippen LogP contribution in [-0.2, 0) is 11.3 Å². The summed E-state index contributed by atoms with van der Waals surface area (Å²) >= 11 is 5.43. The second kappa shape index (κ2) is 6.28. The Labute approximate surface area is 143 Å². The lowest BCUT2D eigenvalue weighted by molar-refractivity contribution is -0.0402. The van der Waals surface area contributed by atoms with Gasteiger partial charge in [0.15, 0.2) is 0 Å². The number of hydrogen-bond donors (Lipinski definition) is 0. The van der Waals surface area contributed by atoms with Crippen LogP contribution in [0.3, 0.4) is 0 Å². The molecule has 1 aromatic carbocycles. The normalized spacial score (nSPS) is 25.0. The predicted octanol–water partition coefficient (Wildman–Crippen LogP) is 4.57. The van der Waals surface area contributed by atoms with Crippen molar-refractivity contribution in [3.63, 3.8) is 0 Å². The molecule has 0 N–H and O–H groups in total. The van der Waals surface area contributed by atoms with E-state index in [2.05, 4.69) is 68.0 Å².